The van der Waals surface area contributed by atoms with Crippen molar-refractivity contribution >= 4 is 29.3 Å². The molecule has 1 aromatic carbocycles. The Kier molecular flexibility index (Phi) is 4.75. The first-order chi connectivity index (χ1) is 12.7. The number of hydrogen-bond acceptors (Lipinski definition) is 5. The molecular weight excluding hydrogens is 382 g/mol. The predicted octanol–water partition coefficient (Wildman–Crippen LogP) is 4.91. The fourth-order valence-electron chi connectivity index (χ4n) is 4.96. The molecular formula is C20H24ClN3O2S. The molecule has 0 N–H and O–H groups in total. The van der Waals surface area contributed by atoms with Crippen molar-refractivity contribution in [3.63, 3.8) is 0 Å². The molecule has 0 radical (unpaired) electrons. The number of carbonyl (C=O) groups is 1. The molecule has 1 amide bonds. The predicted molar refractivity (Wildman–Crippen MR) is 107 cm³/mol. The number of hydrogen-bond donors (Lipinski definition) is 0. The molecule has 2 atom stereocenters. The number of nitrogens with zero attached hydrogens (tertiary/aromatic N) is 3. The molecule has 2 aromatic rings. The SMILES string of the molecule is CC1(C)C[C@H]2C[C@](C)(CN2C(=O)CSc2nnc(-c3cccc(Cl)c3)o2)C1. The summed E-state index contributed by atoms with van der Waals surface area (Å²) in [6.45, 7) is 7.81. The molecule has 1 aliphatic carbocycles. The van der Waals surface area contributed by atoms with E-state index in [1.807, 2.05) is 12.1 Å². The van der Waals surface area contributed by atoms with Crippen LogP contribution in [-0.2, 0) is 4.79 Å². The lowest BCUT2D eigenvalue weighted by Crippen LogP contribution is -2.38. The third kappa shape index (κ3) is 4.02. The van der Waals surface area contributed by atoms with Crippen LogP contribution in [-0.4, -0.2) is 39.3 Å². The van der Waals surface area contributed by atoms with Crippen LogP contribution in [0.15, 0.2) is 33.9 Å². The van der Waals surface area contributed by atoms with Gasteiger partial charge in [0.15, 0.2) is 0 Å². The maximum absolute atomic E-state index is 12.8. The van der Waals surface area contributed by atoms with Crippen LogP contribution in [0.4, 0.5) is 0 Å². The fraction of sp³-hybridized carbons (Fsp3) is 0.550. The van der Waals surface area contributed by atoms with Crippen LogP contribution in [0, 0.1) is 10.8 Å². The minimum absolute atomic E-state index is 0.161. The van der Waals surface area contributed by atoms with Gasteiger partial charge in [-0.05, 0) is 48.3 Å². The first-order valence-corrected chi connectivity index (χ1v) is 10.6. The van der Waals surface area contributed by atoms with Gasteiger partial charge in [-0.1, -0.05) is 50.2 Å². The van der Waals surface area contributed by atoms with Gasteiger partial charge in [-0.15, -0.1) is 10.2 Å². The van der Waals surface area contributed by atoms with Crippen LogP contribution >= 0.6 is 23.4 Å². The highest BCUT2D eigenvalue weighted by atomic mass is 35.5. The lowest BCUT2D eigenvalue weighted by molar-refractivity contribution is -0.129. The minimum atomic E-state index is 0.161. The molecule has 2 fully saturated rings. The number of thioether (sulfide) groups is 1. The fourth-order valence-corrected chi connectivity index (χ4v) is 5.80. The van der Waals surface area contributed by atoms with E-state index >= 15 is 0 Å². The van der Waals surface area contributed by atoms with E-state index in [4.69, 9.17) is 16.0 Å². The van der Waals surface area contributed by atoms with Crippen molar-refractivity contribution < 1.29 is 9.21 Å². The molecule has 1 saturated heterocycles. The average molecular weight is 406 g/mol. The monoisotopic (exact) mass is 405 g/mol. The summed E-state index contributed by atoms with van der Waals surface area (Å²) in [7, 11) is 0. The van der Waals surface area contributed by atoms with E-state index in [0.717, 1.165) is 24.9 Å². The van der Waals surface area contributed by atoms with Crippen LogP contribution in [0.5, 0.6) is 0 Å². The smallest absolute Gasteiger partial charge is 0.277 e. The van der Waals surface area contributed by atoms with E-state index < -0.39 is 0 Å². The summed E-state index contributed by atoms with van der Waals surface area (Å²) in [6, 6.07) is 7.64. The summed E-state index contributed by atoms with van der Waals surface area (Å²) in [5.41, 5.74) is 1.33. The quantitative estimate of drug-likeness (QED) is 0.676. The number of fused-ring (bicyclic) bond motifs is 2. The number of aromatic nitrogens is 2. The Bertz CT molecular complexity index is 868. The van der Waals surface area contributed by atoms with Crippen LogP contribution in [0.25, 0.3) is 11.5 Å². The van der Waals surface area contributed by atoms with Gasteiger partial charge < -0.3 is 9.32 Å². The van der Waals surface area contributed by atoms with Gasteiger partial charge in [0.1, 0.15) is 0 Å². The molecule has 1 saturated carbocycles. The second-order valence-electron chi connectivity index (χ2n) is 8.91. The van der Waals surface area contributed by atoms with Crippen molar-refractivity contribution in [2.45, 2.75) is 51.3 Å². The van der Waals surface area contributed by atoms with Crippen LogP contribution in [0.3, 0.4) is 0 Å². The van der Waals surface area contributed by atoms with Crippen molar-refractivity contribution in [2.75, 3.05) is 12.3 Å². The minimum Gasteiger partial charge on any atom is -0.411 e. The molecule has 2 heterocycles. The number of benzene rings is 1. The Morgan fingerprint density at radius 3 is 2.93 bits per heavy atom. The second kappa shape index (κ2) is 6.82. The second-order valence-corrected chi connectivity index (χ2v) is 10.3. The molecule has 1 aromatic heterocycles. The molecule has 2 bridgehead atoms. The molecule has 27 heavy (non-hydrogen) atoms. The first-order valence-electron chi connectivity index (χ1n) is 9.25. The largest absolute Gasteiger partial charge is 0.411 e. The van der Waals surface area contributed by atoms with Gasteiger partial charge in [0, 0.05) is 23.2 Å². The van der Waals surface area contributed by atoms with Crippen molar-refractivity contribution in [1.29, 1.82) is 0 Å². The number of halogens is 1. The van der Waals surface area contributed by atoms with Crippen molar-refractivity contribution in [3.05, 3.63) is 29.3 Å². The molecule has 5 nitrogen and oxygen atoms in total. The van der Waals surface area contributed by atoms with E-state index in [9.17, 15) is 4.79 Å². The Balaban J connectivity index is 1.39. The Morgan fingerprint density at radius 1 is 1.33 bits per heavy atom. The average Bonchev–Trinajstić information content (AvgIpc) is 3.14. The lowest BCUT2D eigenvalue weighted by Gasteiger charge is -2.39. The van der Waals surface area contributed by atoms with Crippen molar-refractivity contribution in [3.8, 4) is 11.5 Å². The van der Waals surface area contributed by atoms with Gasteiger partial charge >= 0.3 is 0 Å². The molecule has 1 aliphatic heterocycles. The number of likely N-dealkylation sites (tertiary alicyclic amines) is 1. The van der Waals surface area contributed by atoms with Gasteiger partial charge in [-0.3, -0.25) is 4.79 Å². The van der Waals surface area contributed by atoms with Gasteiger partial charge in [-0.25, -0.2) is 0 Å². The van der Waals surface area contributed by atoms with E-state index in [1.54, 1.807) is 12.1 Å². The normalized spacial score (nSPS) is 26.4. The van der Waals surface area contributed by atoms with Gasteiger partial charge in [0.2, 0.25) is 11.8 Å². The summed E-state index contributed by atoms with van der Waals surface area (Å²) >= 11 is 7.31. The van der Waals surface area contributed by atoms with Crippen LogP contribution in [0.2, 0.25) is 5.02 Å². The summed E-state index contributed by atoms with van der Waals surface area (Å²) in [5, 5.41) is 9.15. The highest BCUT2D eigenvalue weighted by Gasteiger charge is 2.50. The highest BCUT2D eigenvalue weighted by molar-refractivity contribution is 7.99. The molecule has 144 valence electrons. The molecule has 0 unspecified atom stereocenters. The molecule has 0 spiro atoms. The van der Waals surface area contributed by atoms with Crippen molar-refractivity contribution in [2.24, 2.45) is 10.8 Å². The topological polar surface area (TPSA) is 59.2 Å². The first kappa shape index (κ1) is 18.8. The maximum atomic E-state index is 12.8. The van der Waals surface area contributed by atoms with Crippen LogP contribution in [0.1, 0.15) is 40.0 Å². The van der Waals surface area contributed by atoms with Gasteiger partial charge in [0.05, 0.1) is 5.75 Å². The summed E-state index contributed by atoms with van der Waals surface area (Å²) in [5.74, 6) is 0.900. The van der Waals surface area contributed by atoms with E-state index in [-0.39, 0.29) is 11.3 Å². The summed E-state index contributed by atoms with van der Waals surface area (Å²) in [4.78, 5) is 14.9. The van der Waals surface area contributed by atoms with Gasteiger partial charge in [0.25, 0.3) is 5.22 Å². The standard InChI is InChI=1S/C20H24ClN3O2S/c1-19(2)8-15-9-20(3,11-19)12-24(15)16(25)10-27-18-23-22-17(26-18)13-5-4-6-14(21)7-13/h4-7,15H,8-12H2,1-3H3/t15-,20-/m0/s1. The van der Waals surface area contributed by atoms with Gasteiger partial charge in [-0.2, -0.15) is 0 Å². The Labute approximate surface area is 168 Å². The maximum Gasteiger partial charge on any atom is 0.277 e. The number of rotatable bonds is 4. The zero-order chi connectivity index (χ0) is 19.2. The summed E-state index contributed by atoms with van der Waals surface area (Å²) < 4.78 is 5.69. The summed E-state index contributed by atoms with van der Waals surface area (Å²) in [6.07, 6.45) is 3.38. The zero-order valence-electron chi connectivity index (χ0n) is 15.9. The molecule has 2 aliphatic rings. The molecule has 7 heteroatoms. The Morgan fingerprint density at radius 2 is 2.15 bits per heavy atom. The van der Waals surface area contributed by atoms with E-state index in [0.29, 0.717) is 33.3 Å². The number of amides is 1. The van der Waals surface area contributed by atoms with Crippen LogP contribution < -0.4 is 0 Å². The lowest BCUT2D eigenvalue weighted by atomic mass is 9.65. The van der Waals surface area contributed by atoms with Crippen molar-refractivity contribution in [1.82, 2.24) is 15.1 Å². The Hall–Kier alpha value is -1.53. The zero-order valence-corrected chi connectivity index (χ0v) is 17.4. The molecule has 4 rings (SSSR count). The highest BCUT2D eigenvalue weighted by Crippen LogP contribution is 2.52. The van der Waals surface area contributed by atoms with E-state index in [2.05, 4.69) is 35.9 Å². The third-order valence-corrected chi connectivity index (χ3v) is 6.57. The van der Waals surface area contributed by atoms with E-state index in [1.165, 1.54) is 18.2 Å². The number of carbonyl (C=O) groups excluding carboxylic acids is 1. The third-order valence-electron chi connectivity index (χ3n) is 5.53.